The van der Waals surface area contributed by atoms with Crippen LogP contribution in [0.4, 0.5) is 18.9 Å². The Morgan fingerprint density at radius 3 is 2.57 bits per heavy atom. The van der Waals surface area contributed by atoms with Gasteiger partial charge in [0, 0.05) is 23.8 Å². The van der Waals surface area contributed by atoms with E-state index in [1.54, 1.807) is 25.1 Å². The molecule has 1 fully saturated rings. The molecule has 2 N–H and O–H groups in total. The molecule has 0 aromatic heterocycles. The van der Waals surface area contributed by atoms with E-state index in [1.165, 1.54) is 18.2 Å². The summed E-state index contributed by atoms with van der Waals surface area (Å²) in [5.41, 5.74) is 2.86. The number of benzene rings is 2. The molecule has 1 aliphatic rings. The maximum Gasteiger partial charge on any atom is 0.412 e. The average molecular weight is 441 g/mol. The SMILES string of the molecule is Cc1cc([C@H](Nc2ccc(C)c(CN3CCC(C(=O)O)C3)c2)C(F)(F)F)ccc1Cl. The average Bonchev–Trinajstić information content (AvgIpc) is 3.12. The number of anilines is 1. The number of carbonyl (C=O) groups is 1. The highest BCUT2D eigenvalue weighted by Gasteiger charge is 2.41. The van der Waals surface area contributed by atoms with Crippen LogP contribution >= 0.6 is 11.6 Å². The molecule has 30 heavy (non-hydrogen) atoms. The second kappa shape index (κ2) is 8.86. The minimum atomic E-state index is -4.49. The van der Waals surface area contributed by atoms with Crippen molar-refractivity contribution in [2.24, 2.45) is 5.92 Å². The van der Waals surface area contributed by atoms with Crippen molar-refractivity contribution in [2.45, 2.75) is 39.0 Å². The quantitative estimate of drug-likeness (QED) is 0.615. The Kier molecular flexibility index (Phi) is 6.62. The molecule has 0 radical (unpaired) electrons. The lowest BCUT2D eigenvalue weighted by atomic mass is 10.0. The van der Waals surface area contributed by atoms with E-state index < -0.39 is 24.1 Å². The second-order valence-electron chi connectivity index (χ2n) is 7.83. The molecule has 162 valence electrons. The summed E-state index contributed by atoms with van der Waals surface area (Å²) in [5, 5.41) is 12.2. The summed E-state index contributed by atoms with van der Waals surface area (Å²) in [6.45, 7) is 5.17. The van der Waals surface area contributed by atoms with Crippen LogP contribution in [0.25, 0.3) is 0 Å². The Balaban J connectivity index is 1.81. The van der Waals surface area contributed by atoms with Gasteiger partial charge in [0.2, 0.25) is 0 Å². The lowest BCUT2D eigenvalue weighted by molar-refractivity contribution is -0.144. The van der Waals surface area contributed by atoms with Gasteiger partial charge in [-0.15, -0.1) is 0 Å². The topological polar surface area (TPSA) is 52.6 Å². The molecule has 0 aliphatic carbocycles. The number of carboxylic acids is 1. The molecule has 8 heteroatoms. The minimum absolute atomic E-state index is 0.0929. The fourth-order valence-corrected chi connectivity index (χ4v) is 3.84. The third-order valence-corrected chi connectivity index (χ3v) is 5.94. The summed E-state index contributed by atoms with van der Waals surface area (Å²) in [6.07, 6.45) is -3.91. The Morgan fingerprint density at radius 2 is 1.97 bits per heavy atom. The smallest absolute Gasteiger partial charge is 0.412 e. The summed E-state index contributed by atoms with van der Waals surface area (Å²) < 4.78 is 41.4. The first-order valence-electron chi connectivity index (χ1n) is 9.68. The maximum absolute atomic E-state index is 13.8. The van der Waals surface area contributed by atoms with Crippen molar-refractivity contribution < 1.29 is 23.1 Å². The van der Waals surface area contributed by atoms with Gasteiger partial charge in [-0.3, -0.25) is 9.69 Å². The van der Waals surface area contributed by atoms with Gasteiger partial charge in [-0.2, -0.15) is 13.2 Å². The molecule has 3 rings (SSSR count). The van der Waals surface area contributed by atoms with Crippen molar-refractivity contribution in [3.8, 4) is 0 Å². The largest absolute Gasteiger partial charge is 0.481 e. The van der Waals surface area contributed by atoms with E-state index in [2.05, 4.69) is 5.32 Å². The van der Waals surface area contributed by atoms with Crippen LogP contribution in [0.2, 0.25) is 5.02 Å². The zero-order valence-electron chi connectivity index (χ0n) is 16.8. The number of halogens is 4. The van der Waals surface area contributed by atoms with Crippen LogP contribution in [0, 0.1) is 19.8 Å². The summed E-state index contributed by atoms with van der Waals surface area (Å²) in [5.74, 6) is -1.20. The van der Waals surface area contributed by atoms with Crippen LogP contribution in [0.3, 0.4) is 0 Å². The number of hydrogen-bond donors (Lipinski definition) is 2. The van der Waals surface area contributed by atoms with E-state index in [9.17, 15) is 18.0 Å². The predicted molar refractivity (Wildman–Crippen MR) is 111 cm³/mol. The van der Waals surface area contributed by atoms with Gasteiger partial charge in [0.15, 0.2) is 0 Å². The standard InChI is InChI=1S/C22H24ClF3N2O2/c1-13-3-5-18(10-17(13)12-28-8-7-16(11-28)21(29)30)27-20(22(24,25)26)15-4-6-19(23)14(2)9-15/h3-6,9-10,16,20,27H,7-8,11-12H2,1-2H3,(H,29,30)/t16?,20-/m0/s1. The van der Waals surface area contributed by atoms with E-state index in [0.29, 0.717) is 42.3 Å². The lowest BCUT2D eigenvalue weighted by Gasteiger charge is -2.25. The van der Waals surface area contributed by atoms with Gasteiger partial charge in [0.1, 0.15) is 6.04 Å². The minimum Gasteiger partial charge on any atom is -0.481 e. The Morgan fingerprint density at radius 1 is 1.23 bits per heavy atom. The number of alkyl halides is 3. The normalized spacial score (nSPS) is 18.4. The number of rotatable bonds is 6. The number of carboxylic acid groups (broad SMARTS) is 1. The number of aliphatic carboxylic acids is 1. The van der Waals surface area contributed by atoms with Crippen LogP contribution in [0.5, 0.6) is 0 Å². The zero-order chi connectivity index (χ0) is 22.1. The number of aryl methyl sites for hydroxylation is 2. The van der Waals surface area contributed by atoms with Gasteiger partial charge in [-0.05, 0) is 67.3 Å². The van der Waals surface area contributed by atoms with Crippen LogP contribution in [0.15, 0.2) is 36.4 Å². The molecular weight excluding hydrogens is 417 g/mol. The van der Waals surface area contributed by atoms with Gasteiger partial charge in [-0.25, -0.2) is 0 Å². The van der Waals surface area contributed by atoms with Gasteiger partial charge in [0.25, 0.3) is 0 Å². The molecular formula is C22H24ClF3N2O2. The molecule has 0 saturated carbocycles. The van der Waals surface area contributed by atoms with Crippen molar-refractivity contribution >= 4 is 23.3 Å². The fourth-order valence-electron chi connectivity index (χ4n) is 3.72. The van der Waals surface area contributed by atoms with Crippen molar-refractivity contribution in [1.29, 1.82) is 0 Å². The van der Waals surface area contributed by atoms with E-state index in [0.717, 1.165) is 11.1 Å². The maximum atomic E-state index is 13.8. The van der Waals surface area contributed by atoms with Crippen LogP contribution < -0.4 is 5.32 Å². The first-order valence-corrected chi connectivity index (χ1v) is 10.1. The van der Waals surface area contributed by atoms with Gasteiger partial charge < -0.3 is 10.4 Å². The van der Waals surface area contributed by atoms with E-state index in [1.807, 2.05) is 11.8 Å². The third-order valence-electron chi connectivity index (χ3n) is 5.52. The third kappa shape index (κ3) is 5.26. The van der Waals surface area contributed by atoms with Gasteiger partial charge in [0.05, 0.1) is 5.92 Å². The monoisotopic (exact) mass is 440 g/mol. The summed E-state index contributed by atoms with van der Waals surface area (Å²) >= 11 is 5.97. The second-order valence-corrected chi connectivity index (χ2v) is 8.23. The van der Waals surface area contributed by atoms with Crippen molar-refractivity contribution in [3.63, 3.8) is 0 Å². The van der Waals surface area contributed by atoms with Crippen LogP contribution in [0.1, 0.15) is 34.7 Å². The molecule has 1 saturated heterocycles. The lowest BCUT2D eigenvalue weighted by Crippen LogP contribution is -2.28. The Labute approximate surface area is 178 Å². The number of likely N-dealkylation sites (tertiary alicyclic amines) is 1. The van der Waals surface area contributed by atoms with Crippen molar-refractivity contribution in [2.75, 3.05) is 18.4 Å². The molecule has 1 heterocycles. The molecule has 0 spiro atoms. The molecule has 2 atom stereocenters. The molecule has 4 nitrogen and oxygen atoms in total. The predicted octanol–water partition coefficient (Wildman–Crippen LogP) is 5.58. The van der Waals surface area contributed by atoms with Gasteiger partial charge in [-0.1, -0.05) is 29.8 Å². The molecule has 0 amide bonds. The zero-order valence-corrected chi connectivity index (χ0v) is 17.5. The Hall–Kier alpha value is -2.25. The highest BCUT2D eigenvalue weighted by molar-refractivity contribution is 6.31. The van der Waals surface area contributed by atoms with Crippen molar-refractivity contribution in [3.05, 3.63) is 63.7 Å². The van der Waals surface area contributed by atoms with E-state index >= 15 is 0 Å². The first kappa shape index (κ1) is 22.4. The van der Waals surface area contributed by atoms with Gasteiger partial charge >= 0.3 is 12.1 Å². The number of hydrogen-bond acceptors (Lipinski definition) is 3. The highest BCUT2D eigenvalue weighted by atomic mass is 35.5. The van der Waals surface area contributed by atoms with E-state index in [4.69, 9.17) is 16.7 Å². The fraction of sp³-hybridized carbons (Fsp3) is 0.409. The summed E-state index contributed by atoms with van der Waals surface area (Å²) in [6, 6.07) is 7.55. The van der Waals surface area contributed by atoms with E-state index in [-0.39, 0.29) is 5.56 Å². The molecule has 2 aromatic carbocycles. The molecule has 1 aliphatic heterocycles. The first-order chi connectivity index (χ1) is 14.0. The van der Waals surface area contributed by atoms with Crippen molar-refractivity contribution in [1.82, 2.24) is 4.90 Å². The highest BCUT2D eigenvalue weighted by Crippen LogP contribution is 2.37. The number of nitrogens with one attached hydrogen (secondary N) is 1. The Bertz CT molecular complexity index is 933. The van der Waals surface area contributed by atoms with Crippen LogP contribution in [-0.2, 0) is 11.3 Å². The molecule has 0 bridgehead atoms. The summed E-state index contributed by atoms with van der Waals surface area (Å²) in [4.78, 5) is 13.2. The summed E-state index contributed by atoms with van der Waals surface area (Å²) in [7, 11) is 0. The molecule has 2 aromatic rings. The molecule has 1 unspecified atom stereocenters. The number of nitrogens with zero attached hydrogens (tertiary/aromatic N) is 1. The van der Waals surface area contributed by atoms with Crippen LogP contribution in [-0.4, -0.2) is 35.2 Å².